The van der Waals surface area contributed by atoms with Gasteiger partial charge in [-0.15, -0.1) is 0 Å². The highest BCUT2D eigenvalue weighted by Crippen LogP contribution is 2.31. The summed E-state index contributed by atoms with van der Waals surface area (Å²) in [5, 5.41) is 6.32. The number of nitrogens with one attached hydrogen (secondary N) is 2. The van der Waals surface area contributed by atoms with Gasteiger partial charge in [-0.1, -0.05) is 72.3 Å². The Morgan fingerprint density at radius 3 is 2.36 bits per heavy atom. The zero-order valence-electron chi connectivity index (χ0n) is 18.1. The highest BCUT2D eigenvalue weighted by Gasteiger charge is 2.25. The van der Waals surface area contributed by atoms with E-state index in [9.17, 15) is 13.2 Å². The number of benzene rings is 3. The molecule has 3 aromatic carbocycles. The summed E-state index contributed by atoms with van der Waals surface area (Å²) in [6.07, 6.45) is 0. The van der Waals surface area contributed by atoms with Gasteiger partial charge in [0.2, 0.25) is 0 Å². The molecule has 0 saturated heterocycles. The van der Waals surface area contributed by atoms with Crippen molar-refractivity contribution < 1.29 is 13.2 Å². The van der Waals surface area contributed by atoms with Gasteiger partial charge in [-0.3, -0.25) is 0 Å². The van der Waals surface area contributed by atoms with Crippen molar-refractivity contribution in [2.45, 2.75) is 18.4 Å². The van der Waals surface area contributed by atoms with Crippen LogP contribution in [0, 0.1) is 6.92 Å². The molecule has 8 heteroatoms. The Labute approximate surface area is 198 Å². The van der Waals surface area contributed by atoms with Crippen LogP contribution in [0.4, 0.5) is 10.5 Å². The SMILES string of the molecule is Cc1c(S(=O)(=O)CCNC(=O)Nc2ccccc2Cl)c2ccccc2n1Cc1ccccc1. The minimum atomic E-state index is -3.66. The quantitative estimate of drug-likeness (QED) is 0.378. The van der Waals surface area contributed by atoms with Crippen molar-refractivity contribution in [3.05, 3.63) is 95.1 Å². The van der Waals surface area contributed by atoms with E-state index in [1.165, 1.54) is 0 Å². The molecule has 1 aromatic heterocycles. The van der Waals surface area contributed by atoms with Crippen LogP contribution in [-0.4, -0.2) is 31.3 Å². The number of hydrogen-bond donors (Lipinski definition) is 2. The molecule has 0 atom stereocenters. The van der Waals surface area contributed by atoms with Crippen LogP contribution in [0.3, 0.4) is 0 Å². The van der Waals surface area contributed by atoms with Crippen molar-refractivity contribution in [1.29, 1.82) is 0 Å². The molecule has 0 radical (unpaired) electrons. The highest BCUT2D eigenvalue weighted by atomic mass is 35.5. The molecular formula is C25H24ClN3O3S. The summed E-state index contributed by atoms with van der Waals surface area (Å²) < 4.78 is 28.7. The highest BCUT2D eigenvalue weighted by molar-refractivity contribution is 7.91. The molecule has 2 N–H and O–H groups in total. The molecule has 0 fully saturated rings. The number of fused-ring (bicyclic) bond motifs is 1. The number of sulfone groups is 1. The fourth-order valence-corrected chi connectivity index (χ4v) is 5.72. The number of carbonyl (C=O) groups is 1. The number of para-hydroxylation sites is 2. The van der Waals surface area contributed by atoms with Gasteiger partial charge in [0.05, 0.1) is 21.4 Å². The normalized spacial score (nSPS) is 11.5. The molecule has 1 heterocycles. The van der Waals surface area contributed by atoms with Gasteiger partial charge >= 0.3 is 6.03 Å². The lowest BCUT2D eigenvalue weighted by molar-refractivity contribution is 0.252. The van der Waals surface area contributed by atoms with Crippen molar-refractivity contribution in [3.8, 4) is 0 Å². The second kappa shape index (κ2) is 9.68. The van der Waals surface area contributed by atoms with Crippen molar-refractivity contribution in [2.75, 3.05) is 17.6 Å². The van der Waals surface area contributed by atoms with Crippen molar-refractivity contribution >= 4 is 44.1 Å². The number of aromatic nitrogens is 1. The largest absolute Gasteiger partial charge is 0.339 e. The fraction of sp³-hybridized carbons (Fsp3) is 0.160. The van der Waals surface area contributed by atoms with Crippen LogP contribution in [0.1, 0.15) is 11.3 Å². The maximum atomic E-state index is 13.3. The molecular weight excluding hydrogens is 458 g/mol. The Hall–Kier alpha value is -3.29. The van der Waals surface area contributed by atoms with Gasteiger partial charge in [-0.05, 0) is 30.7 Å². The summed E-state index contributed by atoms with van der Waals surface area (Å²) in [4.78, 5) is 12.5. The summed E-state index contributed by atoms with van der Waals surface area (Å²) in [5.41, 5.74) is 3.09. The molecule has 0 spiro atoms. The lowest BCUT2D eigenvalue weighted by atomic mass is 10.2. The smallest absolute Gasteiger partial charge is 0.319 e. The molecule has 2 amide bonds. The first kappa shape index (κ1) is 22.9. The molecule has 33 heavy (non-hydrogen) atoms. The van der Waals surface area contributed by atoms with E-state index in [2.05, 4.69) is 10.6 Å². The predicted molar refractivity (Wildman–Crippen MR) is 133 cm³/mol. The molecule has 0 aliphatic rings. The topological polar surface area (TPSA) is 80.2 Å². The Morgan fingerprint density at radius 1 is 0.939 bits per heavy atom. The van der Waals surface area contributed by atoms with Crippen LogP contribution >= 0.6 is 11.6 Å². The molecule has 0 bridgehead atoms. The third-order valence-corrected chi connectivity index (χ3v) is 7.65. The van der Waals surface area contributed by atoms with E-state index in [1.807, 2.05) is 66.1 Å². The number of halogens is 1. The molecule has 0 aliphatic heterocycles. The average Bonchev–Trinajstić information content (AvgIpc) is 3.08. The number of urea groups is 1. The van der Waals surface area contributed by atoms with Gasteiger partial charge in [0.25, 0.3) is 0 Å². The zero-order valence-corrected chi connectivity index (χ0v) is 19.7. The summed E-state index contributed by atoms with van der Waals surface area (Å²) in [7, 11) is -3.66. The molecule has 4 aromatic rings. The molecule has 6 nitrogen and oxygen atoms in total. The number of carbonyl (C=O) groups excluding carboxylic acids is 1. The first-order chi connectivity index (χ1) is 15.9. The Bertz CT molecular complexity index is 1400. The van der Waals surface area contributed by atoms with Crippen LogP contribution in [0.15, 0.2) is 83.8 Å². The summed E-state index contributed by atoms with van der Waals surface area (Å²) >= 11 is 6.05. The second-order valence-corrected chi connectivity index (χ2v) is 10.1. The number of rotatable bonds is 7. The standard InChI is InChI=1S/C25H24ClN3O3S/c1-18-24(20-11-5-8-14-23(20)29(18)17-19-9-3-2-4-10-19)33(31,32)16-15-27-25(30)28-22-13-7-6-12-21(22)26/h2-14H,15-17H2,1H3,(H2,27,28,30). The third-order valence-electron chi connectivity index (χ3n) is 5.45. The number of amides is 2. The monoisotopic (exact) mass is 481 g/mol. The maximum absolute atomic E-state index is 13.3. The van der Waals surface area contributed by atoms with Crippen LogP contribution < -0.4 is 10.6 Å². The molecule has 0 saturated carbocycles. The molecule has 4 rings (SSSR count). The molecule has 0 unspecified atom stereocenters. The third kappa shape index (κ3) is 5.05. The van der Waals surface area contributed by atoms with E-state index >= 15 is 0 Å². The first-order valence-electron chi connectivity index (χ1n) is 10.5. The first-order valence-corrected chi connectivity index (χ1v) is 12.5. The van der Waals surface area contributed by atoms with Gasteiger partial charge in [0.15, 0.2) is 9.84 Å². The molecule has 170 valence electrons. The van der Waals surface area contributed by atoms with Crippen LogP contribution in [0.5, 0.6) is 0 Å². The number of hydrogen-bond acceptors (Lipinski definition) is 3. The van der Waals surface area contributed by atoms with Gasteiger partial charge in [0.1, 0.15) is 0 Å². The van der Waals surface area contributed by atoms with Gasteiger partial charge < -0.3 is 15.2 Å². The van der Waals surface area contributed by atoms with Crippen molar-refractivity contribution in [1.82, 2.24) is 9.88 Å². The van der Waals surface area contributed by atoms with E-state index < -0.39 is 15.9 Å². The minimum Gasteiger partial charge on any atom is -0.339 e. The van der Waals surface area contributed by atoms with Gasteiger partial charge in [-0.2, -0.15) is 0 Å². The summed E-state index contributed by atoms with van der Waals surface area (Å²) in [6, 6.07) is 23.7. The zero-order chi connectivity index (χ0) is 23.4. The Kier molecular flexibility index (Phi) is 6.72. The van der Waals surface area contributed by atoms with Gasteiger partial charge in [0, 0.05) is 29.7 Å². The molecule has 0 aliphatic carbocycles. The number of nitrogens with zero attached hydrogens (tertiary/aromatic N) is 1. The average molecular weight is 482 g/mol. The predicted octanol–water partition coefficient (Wildman–Crippen LogP) is 5.25. The van der Waals surface area contributed by atoms with Gasteiger partial charge in [-0.25, -0.2) is 13.2 Å². The maximum Gasteiger partial charge on any atom is 0.319 e. The van der Waals surface area contributed by atoms with Crippen LogP contribution in [0.2, 0.25) is 5.02 Å². The van der Waals surface area contributed by atoms with Crippen LogP contribution in [-0.2, 0) is 16.4 Å². The fourth-order valence-electron chi connectivity index (χ4n) is 3.89. The van der Waals surface area contributed by atoms with Crippen LogP contribution in [0.25, 0.3) is 10.9 Å². The van der Waals surface area contributed by atoms with E-state index in [0.29, 0.717) is 33.2 Å². The summed E-state index contributed by atoms with van der Waals surface area (Å²) in [6.45, 7) is 2.37. The van der Waals surface area contributed by atoms with Crippen molar-refractivity contribution in [3.63, 3.8) is 0 Å². The number of anilines is 1. The van der Waals surface area contributed by atoms with E-state index in [4.69, 9.17) is 11.6 Å². The minimum absolute atomic E-state index is 0.0315. The van der Waals surface area contributed by atoms with E-state index in [1.54, 1.807) is 24.3 Å². The Balaban J connectivity index is 1.53. The Morgan fingerprint density at radius 2 is 1.61 bits per heavy atom. The lowest BCUT2D eigenvalue weighted by Gasteiger charge is -2.11. The second-order valence-electron chi connectivity index (χ2n) is 7.68. The van der Waals surface area contributed by atoms with Crippen molar-refractivity contribution in [2.24, 2.45) is 0 Å². The van der Waals surface area contributed by atoms with E-state index in [0.717, 1.165) is 11.1 Å². The van der Waals surface area contributed by atoms with E-state index in [-0.39, 0.29) is 12.3 Å². The summed E-state index contributed by atoms with van der Waals surface area (Å²) in [5.74, 6) is -0.219. The lowest BCUT2D eigenvalue weighted by Crippen LogP contribution is -2.33.